The Morgan fingerprint density at radius 1 is 1.34 bits per heavy atom. The second-order valence-corrected chi connectivity index (χ2v) is 7.49. The zero-order valence-corrected chi connectivity index (χ0v) is 18.0. The lowest BCUT2D eigenvalue weighted by atomic mass is 10.1. The quantitative estimate of drug-likeness (QED) is 0.558. The molecular formula is C22H31ClFN3O2. The molecule has 7 heteroatoms. The summed E-state index contributed by atoms with van der Waals surface area (Å²) in [5.74, 6) is 0.323. The van der Waals surface area contributed by atoms with Gasteiger partial charge in [-0.3, -0.25) is 4.79 Å². The molecule has 0 radical (unpaired) electrons. The molecule has 1 amide bonds. The van der Waals surface area contributed by atoms with E-state index in [4.69, 9.17) is 16.3 Å². The molecule has 1 unspecified atom stereocenters. The Balaban J connectivity index is 0.00000136. The lowest BCUT2D eigenvalue weighted by Crippen LogP contribution is -2.27. The third-order valence-electron chi connectivity index (χ3n) is 4.38. The Bertz CT molecular complexity index is 852. The zero-order chi connectivity index (χ0) is 21.1. The summed E-state index contributed by atoms with van der Waals surface area (Å²) in [5, 5.41) is 0.359. The molecule has 0 fully saturated rings. The summed E-state index contributed by atoms with van der Waals surface area (Å²) in [7, 11) is 0. The maximum Gasteiger partial charge on any atom is 0.255 e. The number of nitrogens with zero attached hydrogens (tertiary/aromatic N) is 3. The van der Waals surface area contributed by atoms with Crippen LogP contribution in [0, 0.1) is 6.92 Å². The standard InChI is InChI=1S/C19H21ClFN3O2.C2H6.CH4/c1-11-7-13(8-23-17(11)26-10-19(3,4)21)12(2)24-9-15-14(18(24)25)5-6-22-16(15)20;1-2;/h5-8,12H,9-10H2,1-4H3;1-2H3;1H4. The molecule has 1 atom stereocenters. The van der Waals surface area contributed by atoms with Crippen molar-refractivity contribution < 1.29 is 13.9 Å². The highest BCUT2D eigenvalue weighted by Gasteiger charge is 2.33. The number of aromatic nitrogens is 2. The highest BCUT2D eigenvalue weighted by atomic mass is 35.5. The minimum Gasteiger partial charge on any atom is -0.474 e. The molecule has 0 saturated heterocycles. The van der Waals surface area contributed by atoms with Crippen LogP contribution in [0.4, 0.5) is 4.39 Å². The average molecular weight is 424 g/mol. The molecule has 0 spiro atoms. The van der Waals surface area contributed by atoms with Crippen LogP contribution in [0.2, 0.25) is 5.15 Å². The second-order valence-electron chi connectivity index (χ2n) is 7.13. The summed E-state index contributed by atoms with van der Waals surface area (Å²) < 4.78 is 19.1. The molecule has 29 heavy (non-hydrogen) atoms. The first-order valence-corrected chi connectivity index (χ1v) is 9.78. The van der Waals surface area contributed by atoms with Crippen molar-refractivity contribution in [2.45, 2.75) is 67.2 Å². The summed E-state index contributed by atoms with van der Waals surface area (Å²) in [5.41, 5.74) is 1.58. The number of pyridine rings is 2. The maximum absolute atomic E-state index is 13.6. The van der Waals surface area contributed by atoms with E-state index in [9.17, 15) is 9.18 Å². The molecule has 0 bridgehead atoms. The van der Waals surface area contributed by atoms with Crippen LogP contribution in [-0.4, -0.2) is 33.1 Å². The molecule has 3 heterocycles. The number of carbonyl (C=O) groups is 1. The van der Waals surface area contributed by atoms with E-state index < -0.39 is 5.67 Å². The van der Waals surface area contributed by atoms with Crippen LogP contribution in [0.3, 0.4) is 0 Å². The Hall–Kier alpha value is -2.21. The van der Waals surface area contributed by atoms with Crippen molar-refractivity contribution >= 4 is 17.5 Å². The van der Waals surface area contributed by atoms with Crippen LogP contribution in [0.25, 0.3) is 0 Å². The van der Waals surface area contributed by atoms with Gasteiger partial charge in [0.1, 0.15) is 17.4 Å². The first kappa shape index (κ1) is 24.8. The number of rotatable bonds is 5. The van der Waals surface area contributed by atoms with E-state index in [1.54, 1.807) is 17.2 Å². The topological polar surface area (TPSA) is 55.3 Å². The highest BCUT2D eigenvalue weighted by Crippen LogP contribution is 2.34. The Morgan fingerprint density at radius 2 is 2.00 bits per heavy atom. The fourth-order valence-corrected chi connectivity index (χ4v) is 3.13. The van der Waals surface area contributed by atoms with Crippen molar-refractivity contribution in [3.63, 3.8) is 0 Å². The van der Waals surface area contributed by atoms with Gasteiger partial charge in [-0.25, -0.2) is 14.4 Å². The molecule has 5 nitrogen and oxygen atoms in total. The summed E-state index contributed by atoms with van der Waals surface area (Å²) in [6.07, 6.45) is 3.20. The van der Waals surface area contributed by atoms with Gasteiger partial charge in [0.05, 0.1) is 12.6 Å². The third kappa shape index (κ3) is 5.66. The number of alkyl halides is 1. The van der Waals surface area contributed by atoms with Crippen LogP contribution in [-0.2, 0) is 6.54 Å². The fourth-order valence-electron chi connectivity index (χ4n) is 2.91. The summed E-state index contributed by atoms with van der Waals surface area (Å²) in [6.45, 7) is 11.0. The predicted octanol–water partition coefficient (Wildman–Crippen LogP) is 5.94. The number of carbonyl (C=O) groups excluding carboxylic acids is 1. The number of ether oxygens (including phenoxy) is 1. The molecule has 0 aliphatic carbocycles. The van der Waals surface area contributed by atoms with Crippen molar-refractivity contribution in [3.8, 4) is 5.88 Å². The molecule has 1 aliphatic heterocycles. The van der Waals surface area contributed by atoms with Crippen LogP contribution in [0.5, 0.6) is 5.88 Å². The maximum atomic E-state index is 13.6. The monoisotopic (exact) mass is 423 g/mol. The van der Waals surface area contributed by atoms with Gasteiger partial charge >= 0.3 is 0 Å². The van der Waals surface area contributed by atoms with Gasteiger partial charge in [0, 0.05) is 29.1 Å². The molecule has 2 aromatic heterocycles. The van der Waals surface area contributed by atoms with Crippen molar-refractivity contribution in [1.29, 1.82) is 0 Å². The Morgan fingerprint density at radius 3 is 2.55 bits per heavy atom. The van der Waals surface area contributed by atoms with Gasteiger partial charge in [-0.15, -0.1) is 0 Å². The van der Waals surface area contributed by atoms with Crippen LogP contribution >= 0.6 is 11.6 Å². The Labute approximate surface area is 178 Å². The minimum atomic E-state index is -1.43. The number of aryl methyl sites for hydroxylation is 1. The lowest BCUT2D eigenvalue weighted by Gasteiger charge is -2.25. The van der Waals surface area contributed by atoms with Gasteiger partial charge in [0.2, 0.25) is 5.88 Å². The van der Waals surface area contributed by atoms with Crippen LogP contribution in [0.1, 0.15) is 75.1 Å². The van der Waals surface area contributed by atoms with Crippen molar-refractivity contribution in [3.05, 3.63) is 51.9 Å². The summed E-state index contributed by atoms with van der Waals surface area (Å²) >= 11 is 6.12. The fraction of sp³-hybridized carbons (Fsp3) is 0.500. The Kier molecular flexibility index (Phi) is 8.57. The zero-order valence-electron chi connectivity index (χ0n) is 17.2. The van der Waals surface area contributed by atoms with Crippen molar-refractivity contribution in [2.24, 2.45) is 0 Å². The molecular weight excluding hydrogens is 393 g/mol. The molecule has 3 rings (SSSR count). The highest BCUT2D eigenvalue weighted by molar-refractivity contribution is 6.30. The van der Waals surface area contributed by atoms with Crippen LogP contribution in [0.15, 0.2) is 24.5 Å². The number of hydrogen-bond donors (Lipinski definition) is 0. The van der Waals surface area contributed by atoms with Gasteiger partial charge in [-0.05, 0) is 45.4 Å². The number of amides is 1. The normalized spacial score (nSPS) is 13.8. The van der Waals surface area contributed by atoms with E-state index >= 15 is 0 Å². The average Bonchev–Trinajstić information content (AvgIpc) is 2.99. The van der Waals surface area contributed by atoms with Gasteiger partial charge in [-0.2, -0.15) is 0 Å². The van der Waals surface area contributed by atoms with Gasteiger partial charge in [-0.1, -0.05) is 32.9 Å². The molecule has 0 N–H and O–H groups in total. The minimum absolute atomic E-state index is 0. The van der Waals surface area contributed by atoms with Crippen molar-refractivity contribution in [1.82, 2.24) is 14.9 Å². The SMILES string of the molecule is C.CC.Cc1cc(C(C)N2Cc3c(ccnc3Cl)C2=O)cnc1OCC(C)(C)F. The molecule has 0 aromatic carbocycles. The first-order valence-electron chi connectivity index (χ1n) is 9.40. The lowest BCUT2D eigenvalue weighted by molar-refractivity contribution is 0.0715. The smallest absolute Gasteiger partial charge is 0.255 e. The van der Waals surface area contributed by atoms with Crippen molar-refractivity contribution in [2.75, 3.05) is 6.61 Å². The number of halogens is 2. The number of hydrogen-bond acceptors (Lipinski definition) is 4. The van der Waals surface area contributed by atoms with E-state index in [0.29, 0.717) is 23.1 Å². The van der Waals surface area contributed by atoms with Gasteiger partial charge in [0.15, 0.2) is 0 Å². The van der Waals surface area contributed by atoms with E-state index in [1.807, 2.05) is 33.8 Å². The molecule has 1 aliphatic rings. The van der Waals surface area contributed by atoms with Gasteiger partial charge in [0.25, 0.3) is 5.91 Å². The van der Waals surface area contributed by atoms with Gasteiger partial charge < -0.3 is 9.64 Å². The first-order chi connectivity index (χ1) is 13.2. The number of fused-ring (bicyclic) bond motifs is 1. The van der Waals surface area contributed by atoms with E-state index in [2.05, 4.69) is 9.97 Å². The molecule has 0 saturated carbocycles. The van der Waals surface area contributed by atoms with Crippen LogP contribution < -0.4 is 4.74 Å². The second kappa shape index (κ2) is 10.0. The summed E-state index contributed by atoms with van der Waals surface area (Å²) in [6, 6.07) is 3.41. The molecule has 2 aromatic rings. The van der Waals surface area contributed by atoms with E-state index in [-0.39, 0.29) is 26.0 Å². The summed E-state index contributed by atoms with van der Waals surface area (Å²) in [4.78, 5) is 22.8. The van der Waals surface area contributed by atoms with E-state index in [0.717, 1.165) is 16.7 Å². The predicted molar refractivity (Wildman–Crippen MR) is 115 cm³/mol. The third-order valence-corrected chi connectivity index (χ3v) is 4.70. The molecule has 160 valence electrons. The largest absolute Gasteiger partial charge is 0.474 e. The van der Waals surface area contributed by atoms with E-state index in [1.165, 1.54) is 20.0 Å².